The van der Waals surface area contributed by atoms with Crippen molar-refractivity contribution in [3.63, 3.8) is 0 Å². The van der Waals surface area contributed by atoms with Crippen molar-refractivity contribution in [2.45, 2.75) is 26.1 Å². The fraction of sp³-hybridized carbons (Fsp3) is 0.381. The van der Waals surface area contributed by atoms with Crippen LogP contribution in [0.15, 0.2) is 36.4 Å². The second-order valence-corrected chi connectivity index (χ2v) is 7.32. The Morgan fingerprint density at radius 3 is 2.52 bits per heavy atom. The summed E-state index contributed by atoms with van der Waals surface area (Å²) < 4.78 is 17.5. The van der Waals surface area contributed by atoms with Crippen molar-refractivity contribution >= 4 is 23.3 Å². The van der Waals surface area contributed by atoms with E-state index in [9.17, 15) is 5.11 Å². The van der Waals surface area contributed by atoms with Crippen LogP contribution in [0.1, 0.15) is 12.5 Å². The molecule has 2 atom stereocenters. The highest BCUT2D eigenvalue weighted by molar-refractivity contribution is 7.71. The van der Waals surface area contributed by atoms with Gasteiger partial charge in [0.25, 0.3) is 0 Å². The Morgan fingerprint density at radius 2 is 1.76 bits per heavy atom. The molecule has 3 rings (SSSR count). The lowest BCUT2D eigenvalue weighted by Crippen LogP contribution is -2.36. The molecule has 1 heterocycles. The number of para-hydroxylation sites is 2. The van der Waals surface area contributed by atoms with Crippen LogP contribution in [0.5, 0.6) is 17.2 Å². The van der Waals surface area contributed by atoms with E-state index in [1.807, 2.05) is 50.2 Å². The van der Waals surface area contributed by atoms with Gasteiger partial charge >= 0.3 is 0 Å². The molecule has 156 valence electrons. The van der Waals surface area contributed by atoms with E-state index in [0.29, 0.717) is 35.1 Å². The molecule has 1 aromatic heterocycles. The average Bonchev–Trinajstić information content (AvgIpc) is 3.10. The maximum absolute atomic E-state index is 10.2. The number of methoxy groups -OCH3 is 1. The smallest absolute Gasteiger partial charge is 0.175 e. The van der Waals surface area contributed by atoms with Gasteiger partial charge in [0.15, 0.2) is 16.3 Å². The number of imidazole rings is 1. The average molecular weight is 418 g/mol. The lowest BCUT2D eigenvalue weighted by molar-refractivity contribution is 0.103. The molecule has 0 bridgehead atoms. The van der Waals surface area contributed by atoms with E-state index in [2.05, 4.69) is 15.3 Å². The van der Waals surface area contributed by atoms with Gasteiger partial charge in [-0.25, -0.2) is 0 Å². The molecule has 0 amide bonds. The summed E-state index contributed by atoms with van der Waals surface area (Å²) in [7, 11) is 1.62. The molecule has 7 nitrogen and oxygen atoms in total. The zero-order valence-corrected chi connectivity index (χ0v) is 17.6. The van der Waals surface area contributed by atoms with Gasteiger partial charge < -0.3 is 34.6 Å². The van der Waals surface area contributed by atoms with E-state index in [1.54, 1.807) is 7.11 Å². The summed E-state index contributed by atoms with van der Waals surface area (Å²) in [5.74, 6) is 2.05. The van der Waals surface area contributed by atoms with Gasteiger partial charge in [0.05, 0.1) is 12.6 Å². The van der Waals surface area contributed by atoms with Crippen LogP contribution >= 0.6 is 12.2 Å². The number of aromatic nitrogens is 2. The van der Waals surface area contributed by atoms with Crippen LogP contribution in [-0.2, 0) is 0 Å². The van der Waals surface area contributed by atoms with Crippen molar-refractivity contribution in [3.05, 3.63) is 46.7 Å². The Morgan fingerprint density at radius 1 is 1.03 bits per heavy atom. The maximum atomic E-state index is 10.2. The standard InChI is InChI=1S/C21H27N3O4S/c1-13-8-9-18(20-19(13)23-21(29)24-20)27-12-15(25)11-22-10-14(2)28-17-7-5-4-6-16(17)26-3/h4-9,14-15,22,25H,10-12H2,1-3H3,(H2,23,24,29). The summed E-state index contributed by atoms with van der Waals surface area (Å²) in [4.78, 5) is 6.20. The summed E-state index contributed by atoms with van der Waals surface area (Å²) in [5.41, 5.74) is 2.81. The highest BCUT2D eigenvalue weighted by Crippen LogP contribution is 2.27. The normalized spacial score (nSPS) is 13.2. The van der Waals surface area contributed by atoms with Gasteiger partial charge in [0.2, 0.25) is 0 Å². The zero-order valence-electron chi connectivity index (χ0n) is 16.8. The molecule has 0 aliphatic rings. The topological polar surface area (TPSA) is 91.5 Å². The molecule has 0 saturated carbocycles. The lowest BCUT2D eigenvalue weighted by atomic mass is 10.2. The van der Waals surface area contributed by atoms with Gasteiger partial charge in [-0.1, -0.05) is 18.2 Å². The predicted octanol–water partition coefficient (Wildman–Crippen LogP) is 3.34. The first kappa shape index (κ1) is 21.2. The molecule has 8 heteroatoms. The highest BCUT2D eigenvalue weighted by atomic mass is 32.1. The molecule has 0 aliphatic heterocycles. The van der Waals surface area contributed by atoms with Crippen LogP contribution in [0.3, 0.4) is 0 Å². The summed E-state index contributed by atoms with van der Waals surface area (Å²) >= 11 is 5.17. The van der Waals surface area contributed by atoms with Crippen LogP contribution in [0, 0.1) is 11.7 Å². The van der Waals surface area contributed by atoms with Crippen LogP contribution in [-0.4, -0.2) is 54.1 Å². The number of fused-ring (bicyclic) bond motifs is 1. The van der Waals surface area contributed by atoms with Crippen LogP contribution in [0.2, 0.25) is 0 Å². The number of hydrogen-bond donors (Lipinski definition) is 4. The van der Waals surface area contributed by atoms with E-state index < -0.39 is 6.10 Å². The monoisotopic (exact) mass is 417 g/mol. The molecule has 0 radical (unpaired) electrons. The number of nitrogens with one attached hydrogen (secondary N) is 3. The van der Waals surface area contributed by atoms with Crippen molar-refractivity contribution in [3.8, 4) is 17.2 Å². The van der Waals surface area contributed by atoms with Crippen molar-refractivity contribution in [1.82, 2.24) is 15.3 Å². The van der Waals surface area contributed by atoms with Crippen molar-refractivity contribution in [2.75, 3.05) is 26.8 Å². The fourth-order valence-electron chi connectivity index (χ4n) is 3.02. The van der Waals surface area contributed by atoms with Gasteiger partial charge in [-0.05, 0) is 49.8 Å². The van der Waals surface area contributed by atoms with Crippen LogP contribution in [0.4, 0.5) is 0 Å². The SMILES string of the molecule is COc1ccccc1OC(C)CNCC(O)COc1ccc(C)c2[nH]c(=S)[nH]c12. The van der Waals surface area contributed by atoms with Crippen molar-refractivity contribution in [1.29, 1.82) is 0 Å². The highest BCUT2D eigenvalue weighted by Gasteiger charge is 2.12. The quantitative estimate of drug-likeness (QED) is 0.378. The molecular weight excluding hydrogens is 390 g/mol. The third kappa shape index (κ3) is 5.50. The minimum Gasteiger partial charge on any atom is -0.493 e. The summed E-state index contributed by atoms with van der Waals surface area (Å²) in [6, 6.07) is 11.4. The molecule has 0 fully saturated rings. The lowest BCUT2D eigenvalue weighted by Gasteiger charge is -2.19. The summed E-state index contributed by atoms with van der Waals surface area (Å²) in [6.07, 6.45) is -0.747. The number of aryl methyl sites for hydroxylation is 1. The van der Waals surface area contributed by atoms with Crippen molar-refractivity contribution in [2.24, 2.45) is 0 Å². The first-order chi connectivity index (χ1) is 14.0. The number of ether oxygens (including phenoxy) is 3. The zero-order chi connectivity index (χ0) is 20.8. The third-order valence-electron chi connectivity index (χ3n) is 4.49. The Labute approximate surface area is 175 Å². The molecule has 2 unspecified atom stereocenters. The van der Waals surface area contributed by atoms with E-state index >= 15 is 0 Å². The second kappa shape index (κ2) is 9.78. The number of aliphatic hydroxyl groups excluding tert-OH is 1. The van der Waals surface area contributed by atoms with Gasteiger partial charge in [0, 0.05) is 13.1 Å². The van der Waals surface area contributed by atoms with Gasteiger partial charge in [-0.15, -0.1) is 0 Å². The summed E-state index contributed by atoms with van der Waals surface area (Å²) in [5, 5.41) is 13.4. The largest absolute Gasteiger partial charge is 0.493 e. The van der Waals surface area contributed by atoms with E-state index in [0.717, 1.165) is 16.6 Å². The first-order valence-electron chi connectivity index (χ1n) is 9.50. The van der Waals surface area contributed by atoms with Crippen LogP contribution < -0.4 is 19.5 Å². The number of H-pyrrole nitrogens is 2. The first-order valence-corrected chi connectivity index (χ1v) is 9.91. The van der Waals surface area contributed by atoms with Gasteiger partial charge in [0.1, 0.15) is 30.1 Å². The molecule has 0 spiro atoms. The molecular formula is C21H27N3O4S. The minimum absolute atomic E-state index is 0.0870. The molecule has 2 aromatic carbocycles. The Balaban J connectivity index is 1.45. The summed E-state index contributed by atoms with van der Waals surface area (Å²) in [6.45, 7) is 5.09. The fourth-order valence-corrected chi connectivity index (χ4v) is 3.23. The number of hydrogen-bond acceptors (Lipinski definition) is 6. The molecule has 29 heavy (non-hydrogen) atoms. The predicted molar refractivity (Wildman–Crippen MR) is 116 cm³/mol. The minimum atomic E-state index is -0.660. The Hall–Kier alpha value is -2.55. The number of aromatic amines is 2. The Bertz CT molecular complexity index is 1000. The third-order valence-corrected chi connectivity index (χ3v) is 4.70. The maximum Gasteiger partial charge on any atom is 0.175 e. The number of rotatable bonds is 10. The number of aliphatic hydroxyl groups is 1. The Kier molecular flexibility index (Phi) is 7.13. The van der Waals surface area contributed by atoms with E-state index in [-0.39, 0.29) is 12.7 Å². The second-order valence-electron chi connectivity index (χ2n) is 6.91. The van der Waals surface area contributed by atoms with Crippen molar-refractivity contribution < 1.29 is 19.3 Å². The molecule has 3 aromatic rings. The van der Waals surface area contributed by atoms with Crippen LogP contribution in [0.25, 0.3) is 11.0 Å². The van der Waals surface area contributed by atoms with E-state index in [1.165, 1.54) is 0 Å². The van der Waals surface area contributed by atoms with Gasteiger partial charge in [-0.2, -0.15) is 0 Å². The molecule has 4 N–H and O–H groups in total. The molecule has 0 aliphatic carbocycles. The van der Waals surface area contributed by atoms with Gasteiger partial charge in [-0.3, -0.25) is 0 Å². The number of benzene rings is 2. The van der Waals surface area contributed by atoms with E-state index in [4.69, 9.17) is 26.4 Å². The molecule has 0 saturated heterocycles.